The zero-order valence-corrected chi connectivity index (χ0v) is 16.4. The Morgan fingerprint density at radius 1 is 1.33 bits per heavy atom. The fourth-order valence-electron chi connectivity index (χ4n) is 4.53. The minimum Gasteiger partial charge on any atom is -0.377 e. The molecule has 12 heteroatoms. The predicted molar refractivity (Wildman–Crippen MR) is 101 cm³/mol. The van der Waals surface area contributed by atoms with Crippen LogP contribution in [-0.2, 0) is 10.9 Å². The fraction of sp³-hybridized carbons (Fsp3) is 0.611. The number of rotatable bonds is 4. The molecule has 3 aliphatic heterocycles. The molecule has 0 amide bonds. The molecule has 3 aliphatic rings. The largest absolute Gasteiger partial charge is 0.418 e. The van der Waals surface area contributed by atoms with Crippen LogP contribution in [0.1, 0.15) is 18.0 Å². The molecule has 2 aromatic rings. The van der Waals surface area contributed by atoms with Crippen molar-refractivity contribution in [3.8, 4) is 0 Å². The zero-order valence-electron chi connectivity index (χ0n) is 16.4. The normalized spacial score (nSPS) is 27.7. The van der Waals surface area contributed by atoms with E-state index in [0.717, 1.165) is 23.6 Å². The number of pyridine rings is 1. The van der Waals surface area contributed by atoms with Crippen LogP contribution in [0, 0.1) is 0 Å². The van der Waals surface area contributed by atoms with E-state index < -0.39 is 17.4 Å². The molecule has 3 N–H and O–H groups in total. The minimum absolute atomic E-state index is 0.127. The highest BCUT2D eigenvalue weighted by atomic mass is 19.4. The van der Waals surface area contributed by atoms with Gasteiger partial charge in [-0.3, -0.25) is 19.3 Å². The Kier molecular flexibility index (Phi) is 4.69. The molecule has 0 bridgehead atoms. The van der Waals surface area contributed by atoms with Crippen molar-refractivity contribution >= 4 is 5.52 Å². The second kappa shape index (κ2) is 7.04. The van der Waals surface area contributed by atoms with Gasteiger partial charge in [0.05, 0.1) is 48.7 Å². The molecule has 5 heterocycles. The maximum atomic E-state index is 13.4. The third-order valence-electron chi connectivity index (χ3n) is 6.35. The third-order valence-corrected chi connectivity index (χ3v) is 6.35. The van der Waals surface area contributed by atoms with Gasteiger partial charge in [0.1, 0.15) is 0 Å². The van der Waals surface area contributed by atoms with E-state index in [0.29, 0.717) is 26.3 Å². The number of nitrogens with one attached hydrogen (secondary N) is 3. The third kappa shape index (κ3) is 3.15. The standard InChI is InChI=1S/C18H24F3N7O2/c1-25-11-22-24-15(25)5-17(9-30-10-17)28-7-12(6-23-28)27-8-14-13(18(19,20)21)3-2-4-26(14)16(27)29/h2-4,8,12,15,22-24H,5-7,9-11H2,1H3. The maximum Gasteiger partial charge on any atom is 0.418 e. The Bertz CT molecular complexity index is 1000. The second-order valence-corrected chi connectivity index (χ2v) is 8.29. The van der Waals surface area contributed by atoms with E-state index in [1.54, 1.807) is 0 Å². The lowest BCUT2D eigenvalue weighted by molar-refractivity contribution is -0.160. The molecule has 0 aliphatic carbocycles. The van der Waals surface area contributed by atoms with Gasteiger partial charge in [-0.05, 0) is 19.2 Å². The molecule has 2 atom stereocenters. The van der Waals surface area contributed by atoms with Crippen LogP contribution in [0.25, 0.3) is 5.52 Å². The van der Waals surface area contributed by atoms with E-state index in [-0.39, 0.29) is 23.3 Å². The lowest BCUT2D eigenvalue weighted by Crippen LogP contribution is -2.67. The van der Waals surface area contributed by atoms with Gasteiger partial charge in [0.2, 0.25) is 0 Å². The summed E-state index contributed by atoms with van der Waals surface area (Å²) in [6.07, 6.45) is -0.877. The molecule has 0 aromatic carbocycles. The van der Waals surface area contributed by atoms with Gasteiger partial charge in [0, 0.05) is 31.9 Å². The van der Waals surface area contributed by atoms with Crippen LogP contribution in [0.5, 0.6) is 0 Å². The number of aromatic nitrogens is 2. The highest BCUT2D eigenvalue weighted by Gasteiger charge is 2.49. The van der Waals surface area contributed by atoms with Gasteiger partial charge in [-0.1, -0.05) is 0 Å². The first-order valence-corrected chi connectivity index (χ1v) is 9.85. The molecule has 30 heavy (non-hydrogen) atoms. The summed E-state index contributed by atoms with van der Waals surface area (Å²) in [5, 5.41) is 2.09. The first-order chi connectivity index (χ1) is 14.3. The minimum atomic E-state index is -4.52. The summed E-state index contributed by atoms with van der Waals surface area (Å²) < 4.78 is 48.1. The van der Waals surface area contributed by atoms with Crippen molar-refractivity contribution in [2.24, 2.45) is 0 Å². The molecule has 0 radical (unpaired) electrons. The average molecular weight is 427 g/mol. The van der Waals surface area contributed by atoms with Gasteiger partial charge in [-0.15, -0.1) is 0 Å². The van der Waals surface area contributed by atoms with Crippen LogP contribution in [0.4, 0.5) is 13.2 Å². The van der Waals surface area contributed by atoms with E-state index in [1.165, 1.54) is 23.0 Å². The molecule has 2 unspecified atom stereocenters. The summed E-state index contributed by atoms with van der Waals surface area (Å²) in [7, 11) is 2.02. The SMILES string of the molecule is CN1CNNC1CC1(N2CC(n3cc4c(C(F)(F)F)cccn4c3=O)CN2)COC1. The van der Waals surface area contributed by atoms with Gasteiger partial charge in [-0.2, -0.15) is 13.2 Å². The first-order valence-electron chi connectivity index (χ1n) is 9.85. The smallest absolute Gasteiger partial charge is 0.377 e. The number of nitrogens with zero attached hydrogens (tertiary/aromatic N) is 4. The number of hydrazine groups is 2. The molecule has 3 saturated heterocycles. The fourth-order valence-corrected chi connectivity index (χ4v) is 4.53. The topological polar surface area (TPSA) is 78.2 Å². The Balaban J connectivity index is 1.40. The lowest BCUT2D eigenvalue weighted by Gasteiger charge is -2.49. The number of ether oxygens (including phenoxy) is 1. The van der Waals surface area contributed by atoms with Crippen LogP contribution < -0.4 is 22.0 Å². The van der Waals surface area contributed by atoms with Gasteiger partial charge < -0.3 is 4.74 Å². The van der Waals surface area contributed by atoms with Crippen molar-refractivity contribution in [1.29, 1.82) is 0 Å². The Labute approximate surface area is 170 Å². The van der Waals surface area contributed by atoms with Crippen LogP contribution >= 0.6 is 0 Å². The van der Waals surface area contributed by atoms with Crippen molar-refractivity contribution in [3.63, 3.8) is 0 Å². The summed E-state index contributed by atoms with van der Waals surface area (Å²) >= 11 is 0. The summed E-state index contributed by atoms with van der Waals surface area (Å²) in [6.45, 7) is 2.83. The van der Waals surface area contributed by atoms with Gasteiger partial charge in [0.15, 0.2) is 0 Å². The molecule has 0 saturated carbocycles. The number of fused-ring (bicyclic) bond motifs is 1. The van der Waals surface area contributed by atoms with Crippen LogP contribution in [-0.4, -0.2) is 70.6 Å². The maximum absolute atomic E-state index is 13.4. The summed E-state index contributed by atoms with van der Waals surface area (Å²) in [6, 6.07) is 1.97. The van der Waals surface area contributed by atoms with E-state index >= 15 is 0 Å². The van der Waals surface area contributed by atoms with Crippen molar-refractivity contribution < 1.29 is 17.9 Å². The molecular weight excluding hydrogens is 403 g/mol. The molecule has 164 valence electrons. The van der Waals surface area contributed by atoms with Crippen LogP contribution in [0.15, 0.2) is 29.3 Å². The monoisotopic (exact) mass is 427 g/mol. The molecule has 0 spiro atoms. The summed E-state index contributed by atoms with van der Waals surface area (Å²) in [5.41, 5.74) is 8.07. The molecule has 9 nitrogen and oxygen atoms in total. The molecule has 5 rings (SSSR count). The van der Waals surface area contributed by atoms with E-state index in [1.807, 2.05) is 7.05 Å². The van der Waals surface area contributed by atoms with Crippen LogP contribution in [0.3, 0.4) is 0 Å². The highest BCUT2D eigenvalue weighted by molar-refractivity contribution is 5.55. The second-order valence-electron chi connectivity index (χ2n) is 8.29. The molecule has 2 aromatic heterocycles. The number of hydrogen-bond acceptors (Lipinski definition) is 7. The average Bonchev–Trinajstić information content (AvgIpc) is 3.37. The van der Waals surface area contributed by atoms with Gasteiger partial charge in [0.25, 0.3) is 0 Å². The quantitative estimate of drug-likeness (QED) is 0.632. The van der Waals surface area contributed by atoms with E-state index in [2.05, 4.69) is 26.2 Å². The molecule has 3 fully saturated rings. The van der Waals surface area contributed by atoms with Crippen molar-refractivity contribution in [2.75, 3.05) is 40.0 Å². The number of alkyl halides is 3. The number of halogens is 3. The highest BCUT2D eigenvalue weighted by Crippen LogP contribution is 2.34. The van der Waals surface area contributed by atoms with Crippen LogP contribution in [0.2, 0.25) is 0 Å². The van der Waals surface area contributed by atoms with E-state index in [9.17, 15) is 18.0 Å². The first kappa shape index (κ1) is 20.0. The van der Waals surface area contributed by atoms with Gasteiger partial charge >= 0.3 is 11.9 Å². The Morgan fingerprint density at radius 3 is 2.77 bits per heavy atom. The Morgan fingerprint density at radius 2 is 2.13 bits per heavy atom. The molecular formula is C18H24F3N7O2. The summed E-state index contributed by atoms with van der Waals surface area (Å²) in [5.74, 6) is 0. The Hall–Kier alpha value is -1.96. The van der Waals surface area contributed by atoms with Crippen molar-refractivity contribution in [1.82, 2.24) is 35.2 Å². The number of hydrogen-bond donors (Lipinski definition) is 3. The van der Waals surface area contributed by atoms with Crippen molar-refractivity contribution in [2.45, 2.75) is 30.3 Å². The summed E-state index contributed by atoms with van der Waals surface area (Å²) in [4.78, 5) is 15.0. The van der Waals surface area contributed by atoms with Crippen molar-refractivity contribution in [3.05, 3.63) is 40.6 Å². The van der Waals surface area contributed by atoms with E-state index in [4.69, 9.17) is 4.74 Å². The predicted octanol–water partition coefficient (Wildman–Crippen LogP) is -0.0366. The van der Waals surface area contributed by atoms with Gasteiger partial charge in [-0.25, -0.2) is 20.7 Å². The zero-order chi connectivity index (χ0) is 21.1. The number of imidazole rings is 1. The lowest BCUT2D eigenvalue weighted by atomic mass is 9.90.